The van der Waals surface area contributed by atoms with E-state index in [-0.39, 0.29) is 23.6 Å². The normalized spacial score (nSPS) is 13.2. The van der Waals surface area contributed by atoms with Crippen molar-refractivity contribution in [1.29, 1.82) is 0 Å². The third kappa shape index (κ3) is 3.28. The lowest BCUT2D eigenvalue weighted by atomic mass is 10.1. The Kier molecular flexibility index (Phi) is 4.85. The molecule has 0 fully saturated rings. The Balaban J connectivity index is 1.88. The number of halogens is 1. The molecule has 0 spiro atoms. The number of amides is 1. The van der Waals surface area contributed by atoms with E-state index in [1.54, 1.807) is 30.2 Å². The summed E-state index contributed by atoms with van der Waals surface area (Å²) in [6, 6.07) is 12.7. The van der Waals surface area contributed by atoms with E-state index in [1.807, 2.05) is 24.3 Å². The van der Waals surface area contributed by atoms with Gasteiger partial charge in [-0.15, -0.1) is 0 Å². The van der Waals surface area contributed by atoms with Crippen molar-refractivity contribution in [2.24, 2.45) is 0 Å². The van der Waals surface area contributed by atoms with E-state index < -0.39 is 0 Å². The Labute approximate surface area is 148 Å². The zero-order valence-electron chi connectivity index (χ0n) is 13.1. The minimum absolute atomic E-state index is 0.0278. The van der Waals surface area contributed by atoms with E-state index in [0.717, 1.165) is 11.3 Å². The summed E-state index contributed by atoms with van der Waals surface area (Å²) in [5.74, 6) is 1.18. The van der Waals surface area contributed by atoms with Crippen LogP contribution in [0.15, 0.2) is 42.5 Å². The largest absolute Gasteiger partial charge is 0.497 e. The van der Waals surface area contributed by atoms with Crippen LogP contribution in [0.1, 0.15) is 15.9 Å². The van der Waals surface area contributed by atoms with Crippen molar-refractivity contribution in [3.8, 4) is 11.5 Å². The van der Waals surface area contributed by atoms with Crippen molar-refractivity contribution >= 4 is 33.3 Å². The molecule has 24 heavy (non-hydrogen) atoms. The number of nitrogens with zero attached hydrogens (tertiary/aromatic N) is 1. The van der Waals surface area contributed by atoms with E-state index in [1.165, 1.54) is 0 Å². The molecule has 0 aliphatic carbocycles. The van der Waals surface area contributed by atoms with Crippen LogP contribution in [0.25, 0.3) is 0 Å². The first-order valence-corrected chi connectivity index (χ1v) is 8.54. The molecule has 1 aliphatic rings. The van der Waals surface area contributed by atoms with E-state index >= 15 is 0 Å². The average molecular weight is 390 g/mol. The van der Waals surface area contributed by atoms with Gasteiger partial charge in [-0.1, -0.05) is 28.1 Å². The van der Waals surface area contributed by atoms with Crippen LogP contribution in [0, 0.1) is 0 Å². The number of hydrogen-bond acceptors (Lipinski definition) is 4. The van der Waals surface area contributed by atoms with Crippen molar-refractivity contribution in [2.45, 2.75) is 6.54 Å². The lowest BCUT2D eigenvalue weighted by molar-refractivity contribution is -0.121. The number of ether oxygens (including phenoxy) is 2. The van der Waals surface area contributed by atoms with Crippen molar-refractivity contribution in [3.05, 3.63) is 53.6 Å². The summed E-state index contributed by atoms with van der Waals surface area (Å²) in [7, 11) is 1.61. The molecule has 1 aliphatic heterocycles. The summed E-state index contributed by atoms with van der Waals surface area (Å²) in [6.45, 7) is 0.403. The minimum atomic E-state index is -0.113. The topological polar surface area (TPSA) is 55.8 Å². The first-order chi connectivity index (χ1) is 11.6. The van der Waals surface area contributed by atoms with Gasteiger partial charge in [0, 0.05) is 5.56 Å². The molecule has 2 aromatic rings. The highest BCUT2D eigenvalue weighted by Crippen LogP contribution is 2.34. The van der Waals surface area contributed by atoms with E-state index in [0.29, 0.717) is 23.5 Å². The number of methoxy groups -OCH3 is 1. The first kappa shape index (κ1) is 16.5. The Bertz CT molecular complexity index is 773. The monoisotopic (exact) mass is 389 g/mol. The Morgan fingerprint density at radius 1 is 1.25 bits per heavy atom. The molecule has 0 radical (unpaired) electrons. The van der Waals surface area contributed by atoms with Gasteiger partial charge in [-0.25, -0.2) is 0 Å². The molecular weight excluding hydrogens is 374 g/mol. The standard InChI is InChI=1S/C18H16BrNO4/c1-23-14-5-2-12(3-6-14)10-20-15-7-4-13(16(21)9-19)8-17(15)24-11-18(20)22/h2-8H,9-11H2,1H3. The Morgan fingerprint density at radius 3 is 2.67 bits per heavy atom. The average Bonchev–Trinajstić information content (AvgIpc) is 2.63. The smallest absolute Gasteiger partial charge is 0.265 e. The molecule has 0 unspecified atom stereocenters. The van der Waals surface area contributed by atoms with E-state index in [9.17, 15) is 9.59 Å². The number of fused-ring (bicyclic) bond motifs is 1. The highest BCUT2D eigenvalue weighted by molar-refractivity contribution is 9.09. The zero-order chi connectivity index (χ0) is 17.1. The molecule has 124 valence electrons. The Hall–Kier alpha value is -2.34. The van der Waals surface area contributed by atoms with Gasteiger partial charge < -0.3 is 14.4 Å². The molecule has 0 bridgehead atoms. The fraction of sp³-hybridized carbons (Fsp3) is 0.222. The molecule has 3 rings (SSSR count). The fourth-order valence-electron chi connectivity index (χ4n) is 2.54. The molecule has 0 atom stereocenters. The van der Waals surface area contributed by atoms with Crippen molar-refractivity contribution < 1.29 is 19.1 Å². The van der Waals surface area contributed by atoms with Crippen LogP contribution < -0.4 is 14.4 Å². The summed E-state index contributed by atoms with van der Waals surface area (Å²) in [4.78, 5) is 25.7. The number of benzene rings is 2. The SMILES string of the molecule is COc1ccc(CN2C(=O)COc3cc(C(=O)CBr)ccc32)cc1. The Morgan fingerprint density at radius 2 is 2.00 bits per heavy atom. The molecule has 6 heteroatoms. The molecule has 0 aromatic heterocycles. The highest BCUT2D eigenvalue weighted by Gasteiger charge is 2.26. The summed E-state index contributed by atoms with van der Waals surface area (Å²) >= 11 is 3.16. The number of carbonyl (C=O) groups is 2. The third-order valence-electron chi connectivity index (χ3n) is 3.85. The summed E-state index contributed by atoms with van der Waals surface area (Å²) in [5, 5.41) is 0.250. The number of hydrogen-bond donors (Lipinski definition) is 0. The number of alkyl halides is 1. The maximum atomic E-state index is 12.3. The molecule has 1 amide bonds. The zero-order valence-corrected chi connectivity index (χ0v) is 14.7. The van der Waals surface area contributed by atoms with Gasteiger partial charge in [0.1, 0.15) is 11.5 Å². The lowest BCUT2D eigenvalue weighted by Gasteiger charge is -2.29. The second-order valence-electron chi connectivity index (χ2n) is 5.36. The van der Waals surface area contributed by atoms with Crippen LogP contribution in [0.5, 0.6) is 11.5 Å². The second kappa shape index (κ2) is 7.05. The maximum Gasteiger partial charge on any atom is 0.265 e. The second-order valence-corrected chi connectivity index (χ2v) is 5.92. The van der Waals surface area contributed by atoms with Gasteiger partial charge in [0.2, 0.25) is 0 Å². The van der Waals surface area contributed by atoms with E-state index in [2.05, 4.69) is 15.9 Å². The van der Waals surface area contributed by atoms with Gasteiger partial charge in [0.25, 0.3) is 5.91 Å². The molecule has 1 heterocycles. The summed E-state index contributed by atoms with van der Waals surface area (Å²) in [5.41, 5.74) is 2.22. The van der Waals surface area contributed by atoms with Crippen LogP contribution in [0.2, 0.25) is 0 Å². The van der Waals surface area contributed by atoms with Crippen LogP contribution >= 0.6 is 15.9 Å². The van der Waals surface area contributed by atoms with Crippen LogP contribution in [-0.4, -0.2) is 30.7 Å². The number of Topliss-reactive ketones (excluding diaryl/α,β-unsaturated/α-hetero) is 1. The van der Waals surface area contributed by atoms with Gasteiger partial charge in [0.15, 0.2) is 12.4 Å². The fourth-order valence-corrected chi connectivity index (χ4v) is 2.87. The third-order valence-corrected chi connectivity index (χ3v) is 4.36. The van der Waals surface area contributed by atoms with Crippen molar-refractivity contribution in [2.75, 3.05) is 23.9 Å². The molecule has 2 aromatic carbocycles. The summed E-state index contributed by atoms with van der Waals surface area (Å²) in [6.07, 6.45) is 0. The van der Waals surface area contributed by atoms with Gasteiger partial charge >= 0.3 is 0 Å². The number of rotatable bonds is 5. The predicted molar refractivity (Wildman–Crippen MR) is 94.2 cm³/mol. The first-order valence-electron chi connectivity index (χ1n) is 7.41. The highest BCUT2D eigenvalue weighted by atomic mass is 79.9. The van der Waals surface area contributed by atoms with Gasteiger partial charge in [-0.3, -0.25) is 9.59 Å². The van der Waals surface area contributed by atoms with Crippen LogP contribution in [0.3, 0.4) is 0 Å². The van der Waals surface area contributed by atoms with Crippen LogP contribution in [0.4, 0.5) is 5.69 Å². The molecule has 5 nitrogen and oxygen atoms in total. The van der Waals surface area contributed by atoms with E-state index in [4.69, 9.17) is 9.47 Å². The number of carbonyl (C=O) groups excluding carboxylic acids is 2. The van der Waals surface area contributed by atoms with Crippen molar-refractivity contribution in [3.63, 3.8) is 0 Å². The molecular formula is C18H16BrNO4. The summed E-state index contributed by atoms with van der Waals surface area (Å²) < 4.78 is 10.6. The number of anilines is 1. The minimum Gasteiger partial charge on any atom is -0.497 e. The van der Waals surface area contributed by atoms with Crippen LogP contribution in [-0.2, 0) is 11.3 Å². The van der Waals surface area contributed by atoms with Gasteiger partial charge in [0.05, 0.1) is 24.7 Å². The van der Waals surface area contributed by atoms with Gasteiger partial charge in [-0.05, 0) is 35.9 Å². The van der Waals surface area contributed by atoms with Crippen molar-refractivity contribution in [1.82, 2.24) is 0 Å². The predicted octanol–water partition coefficient (Wildman–Crippen LogP) is 3.20. The van der Waals surface area contributed by atoms with Gasteiger partial charge in [-0.2, -0.15) is 0 Å². The lowest BCUT2D eigenvalue weighted by Crippen LogP contribution is -2.38. The number of ketones is 1. The maximum absolute atomic E-state index is 12.3. The molecule has 0 saturated heterocycles. The quantitative estimate of drug-likeness (QED) is 0.581. The molecule has 0 saturated carbocycles. The molecule has 0 N–H and O–H groups in total.